The number of ether oxygens (including phenoxy) is 2. The second-order valence-corrected chi connectivity index (χ2v) is 19.8. The van der Waals surface area contributed by atoms with E-state index in [1.165, 1.54) is 218 Å². The lowest BCUT2D eigenvalue weighted by Gasteiger charge is -2.20. The predicted molar refractivity (Wildman–Crippen MR) is 259 cm³/mol. The Labute approximate surface area is 382 Å². The smallest absolute Gasteiger partial charge is 0.472 e. The summed E-state index contributed by atoms with van der Waals surface area (Å²) in [6.45, 7) is 3.97. The van der Waals surface area contributed by atoms with Crippen LogP contribution in [0.15, 0.2) is 0 Å². The highest BCUT2D eigenvalue weighted by Crippen LogP contribution is 2.43. The zero-order valence-electron chi connectivity index (χ0n) is 40.8. The van der Waals surface area contributed by atoms with Gasteiger partial charge in [-0.15, -0.1) is 0 Å². The third-order valence-corrected chi connectivity index (χ3v) is 13.1. The van der Waals surface area contributed by atoms with Gasteiger partial charge in [-0.1, -0.05) is 258 Å². The lowest BCUT2D eigenvalue weighted by atomic mass is 10.0. The van der Waals surface area contributed by atoms with Crippen molar-refractivity contribution in [2.75, 3.05) is 26.4 Å². The normalized spacial score (nSPS) is 13.6. The number of unbranched alkanes of at least 4 members (excludes halogenated alkanes) is 38. The molecule has 3 unspecified atom stereocenters. The van der Waals surface area contributed by atoms with E-state index >= 15 is 0 Å². The van der Waals surface area contributed by atoms with Crippen LogP contribution in [-0.4, -0.2) is 60.5 Å². The van der Waals surface area contributed by atoms with Gasteiger partial charge in [0.15, 0.2) is 0 Å². The zero-order valence-corrected chi connectivity index (χ0v) is 41.6. The number of carboxylic acids is 1. The maximum absolute atomic E-state index is 12.7. The van der Waals surface area contributed by atoms with Gasteiger partial charge < -0.3 is 25.2 Å². The summed E-state index contributed by atoms with van der Waals surface area (Å²) in [7, 11) is -4.61. The first-order valence-electron chi connectivity index (χ1n) is 26.6. The number of hydrogen-bond donors (Lipinski definition) is 3. The number of phosphoric acid groups is 1. The first-order valence-corrected chi connectivity index (χ1v) is 28.1. The molecule has 0 aromatic heterocycles. The molecular weight excluding hydrogens is 802 g/mol. The van der Waals surface area contributed by atoms with E-state index < -0.39 is 45.1 Å². The van der Waals surface area contributed by atoms with Crippen LogP contribution in [0.5, 0.6) is 0 Å². The number of carboxylic acid groups (broad SMARTS) is 1. The van der Waals surface area contributed by atoms with Gasteiger partial charge in [-0.25, -0.2) is 4.57 Å². The van der Waals surface area contributed by atoms with Crippen molar-refractivity contribution in [2.45, 2.75) is 289 Å². The summed E-state index contributed by atoms with van der Waals surface area (Å²) in [4.78, 5) is 33.7. The average Bonchev–Trinajstić information content (AvgIpc) is 3.25. The molecule has 0 fully saturated rings. The van der Waals surface area contributed by atoms with Gasteiger partial charge in [0.1, 0.15) is 12.1 Å². The van der Waals surface area contributed by atoms with Crippen molar-refractivity contribution in [1.29, 1.82) is 0 Å². The minimum Gasteiger partial charge on any atom is -0.480 e. The molecule has 0 aliphatic heterocycles. The van der Waals surface area contributed by atoms with Gasteiger partial charge in [0.25, 0.3) is 0 Å². The predicted octanol–water partition coefficient (Wildman–Crippen LogP) is 15.5. The van der Waals surface area contributed by atoms with Crippen LogP contribution >= 0.6 is 7.82 Å². The van der Waals surface area contributed by atoms with Crippen LogP contribution in [0, 0.1) is 0 Å². The minimum absolute atomic E-state index is 0.0265. The average molecular weight is 904 g/mol. The Morgan fingerprint density at radius 1 is 0.452 bits per heavy atom. The summed E-state index contributed by atoms with van der Waals surface area (Å²) >= 11 is 0. The number of phosphoric ester groups is 1. The summed E-state index contributed by atoms with van der Waals surface area (Å²) in [5.41, 5.74) is 5.38. The van der Waals surface area contributed by atoms with Gasteiger partial charge in [-0.2, -0.15) is 0 Å². The van der Waals surface area contributed by atoms with Crippen LogP contribution in [0.4, 0.5) is 0 Å². The van der Waals surface area contributed by atoms with Crippen LogP contribution in [-0.2, 0) is 32.7 Å². The van der Waals surface area contributed by atoms with E-state index in [1.54, 1.807) is 0 Å². The zero-order chi connectivity index (χ0) is 45.5. The van der Waals surface area contributed by atoms with Crippen molar-refractivity contribution >= 4 is 19.8 Å². The quantitative estimate of drug-likeness (QED) is 0.0305. The van der Waals surface area contributed by atoms with Crippen molar-refractivity contribution in [1.82, 2.24) is 0 Å². The van der Waals surface area contributed by atoms with Gasteiger partial charge in [0, 0.05) is 13.0 Å². The molecule has 4 N–H and O–H groups in total. The monoisotopic (exact) mass is 904 g/mol. The third kappa shape index (κ3) is 46.9. The Morgan fingerprint density at radius 2 is 0.742 bits per heavy atom. The molecule has 0 aliphatic rings. The Morgan fingerprint density at radius 3 is 1.06 bits per heavy atom. The van der Waals surface area contributed by atoms with Crippen molar-refractivity contribution in [3.05, 3.63) is 0 Å². The lowest BCUT2D eigenvalue weighted by Crippen LogP contribution is -2.34. The lowest BCUT2D eigenvalue weighted by molar-refractivity contribution is -0.154. The molecule has 0 aliphatic carbocycles. The fourth-order valence-corrected chi connectivity index (χ4v) is 8.80. The van der Waals surface area contributed by atoms with E-state index in [-0.39, 0.29) is 13.0 Å². The van der Waals surface area contributed by atoms with Crippen molar-refractivity contribution in [3.63, 3.8) is 0 Å². The molecule has 0 saturated heterocycles. The molecule has 3 atom stereocenters. The van der Waals surface area contributed by atoms with Crippen LogP contribution in [0.2, 0.25) is 0 Å². The number of nitrogens with two attached hydrogens (primary N) is 1. The number of aliphatic carboxylic acids is 1. The van der Waals surface area contributed by atoms with E-state index in [1.807, 2.05) is 0 Å². The maximum atomic E-state index is 12.7. The van der Waals surface area contributed by atoms with E-state index in [4.69, 9.17) is 29.4 Å². The second kappa shape index (κ2) is 47.9. The number of carbonyl (C=O) groups excluding carboxylic acids is 1. The van der Waals surface area contributed by atoms with Crippen molar-refractivity contribution < 1.29 is 42.7 Å². The van der Waals surface area contributed by atoms with Crippen molar-refractivity contribution in [3.8, 4) is 0 Å². The van der Waals surface area contributed by atoms with Gasteiger partial charge in [0.2, 0.25) is 0 Å². The SMILES string of the molecule is CCCCCCCCCCCCCCCCCCCCCCCC(=O)OC(COCCCCCCCCCCCCCCCCCCCCC)COP(=O)(O)OCC(N)C(=O)O. The third-order valence-electron chi connectivity index (χ3n) is 12.1. The van der Waals surface area contributed by atoms with E-state index in [0.29, 0.717) is 6.61 Å². The van der Waals surface area contributed by atoms with Gasteiger partial charge >= 0.3 is 19.8 Å². The molecule has 62 heavy (non-hydrogen) atoms. The molecule has 11 heteroatoms. The Bertz CT molecular complexity index is 1000. The van der Waals surface area contributed by atoms with Crippen LogP contribution in [0.3, 0.4) is 0 Å². The van der Waals surface area contributed by atoms with Crippen LogP contribution in [0.1, 0.15) is 277 Å². The van der Waals surface area contributed by atoms with E-state index in [0.717, 1.165) is 38.5 Å². The Hall–Kier alpha value is -1.03. The second-order valence-electron chi connectivity index (χ2n) is 18.4. The topological polar surface area (TPSA) is 155 Å². The molecule has 0 rings (SSSR count). The van der Waals surface area contributed by atoms with E-state index in [9.17, 15) is 19.0 Å². The molecule has 0 aromatic carbocycles. The summed E-state index contributed by atoms with van der Waals surface area (Å²) in [6.07, 6.45) is 51.6. The van der Waals surface area contributed by atoms with Crippen LogP contribution in [0.25, 0.3) is 0 Å². The summed E-state index contributed by atoms with van der Waals surface area (Å²) in [6, 6.07) is -1.47. The molecule has 0 amide bonds. The van der Waals surface area contributed by atoms with Gasteiger partial charge in [-0.3, -0.25) is 18.6 Å². The van der Waals surface area contributed by atoms with Gasteiger partial charge in [0.05, 0.1) is 19.8 Å². The molecule has 0 radical (unpaired) electrons. The number of esters is 1. The number of carbonyl (C=O) groups is 2. The summed E-state index contributed by atoms with van der Waals surface area (Å²) < 4.78 is 33.6. The Balaban J connectivity index is 4.06. The molecule has 0 spiro atoms. The summed E-state index contributed by atoms with van der Waals surface area (Å²) in [5.74, 6) is -1.76. The highest BCUT2D eigenvalue weighted by Gasteiger charge is 2.27. The first kappa shape index (κ1) is 61.0. The maximum Gasteiger partial charge on any atom is 0.472 e. The molecule has 0 bridgehead atoms. The molecular formula is C51H102NO9P. The fourth-order valence-electron chi connectivity index (χ4n) is 8.02. The fraction of sp³-hybridized carbons (Fsp3) is 0.961. The van der Waals surface area contributed by atoms with Crippen molar-refractivity contribution in [2.24, 2.45) is 5.73 Å². The minimum atomic E-state index is -4.61. The summed E-state index contributed by atoms with van der Waals surface area (Å²) in [5, 5.41) is 8.93. The van der Waals surface area contributed by atoms with Gasteiger partial charge in [-0.05, 0) is 12.8 Å². The number of hydrogen-bond acceptors (Lipinski definition) is 8. The molecule has 370 valence electrons. The molecule has 0 saturated carbocycles. The highest BCUT2D eigenvalue weighted by molar-refractivity contribution is 7.47. The molecule has 0 heterocycles. The highest BCUT2D eigenvalue weighted by atomic mass is 31.2. The molecule has 10 nitrogen and oxygen atoms in total. The first-order chi connectivity index (χ1) is 30.2. The molecule has 0 aromatic rings. The Kier molecular flexibility index (Phi) is 47.1. The van der Waals surface area contributed by atoms with Crippen LogP contribution < -0.4 is 5.73 Å². The standard InChI is InChI=1S/C51H102NO9P/c1-3-5-7-9-11-13-15-17-19-21-23-24-25-27-29-31-33-35-37-39-41-43-50(53)61-48(46-59-62(56,57)60-47-49(52)51(54)55)45-58-44-42-40-38-36-34-32-30-28-26-22-20-18-16-14-12-10-8-6-4-2/h48-49H,3-47,52H2,1-2H3,(H,54,55)(H,56,57). The largest absolute Gasteiger partial charge is 0.480 e. The van der Waals surface area contributed by atoms with E-state index in [2.05, 4.69) is 13.8 Å². The number of rotatable bonds is 52.